The lowest BCUT2D eigenvalue weighted by Gasteiger charge is -2.16. The zero-order chi connectivity index (χ0) is 15.7. The first-order chi connectivity index (χ1) is 10.5. The van der Waals surface area contributed by atoms with E-state index in [2.05, 4.69) is 19.6 Å². The first-order valence-electron chi connectivity index (χ1n) is 7.31. The van der Waals surface area contributed by atoms with Crippen LogP contribution >= 0.6 is 12.6 Å². The molecular weight excluding hydrogens is 294 g/mol. The number of aryl methyl sites for hydroxylation is 2. The van der Waals surface area contributed by atoms with Gasteiger partial charge in [-0.3, -0.25) is 4.79 Å². The van der Waals surface area contributed by atoms with E-state index in [4.69, 9.17) is 4.74 Å². The number of hydrogen-bond donors (Lipinski definition) is 1. The normalized spacial score (nSPS) is 13.1. The van der Waals surface area contributed by atoms with Crippen molar-refractivity contribution < 1.29 is 9.53 Å². The largest absolute Gasteiger partial charge is 0.484 e. The van der Waals surface area contributed by atoms with E-state index in [0.717, 1.165) is 10.6 Å². The van der Waals surface area contributed by atoms with Crippen LogP contribution in [0.1, 0.15) is 22.3 Å². The third-order valence-corrected chi connectivity index (χ3v) is 4.38. The van der Waals surface area contributed by atoms with Crippen molar-refractivity contribution in [3.8, 4) is 5.75 Å². The van der Waals surface area contributed by atoms with Crippen LogP contribution in [0.25, 0.3) is 0 Å². The van der Waals surface area contributed by atoms with Crippen LogP contribution in [0.5, 0.6) is 5.75 Å². The van der Waals surface area contributed by atoms with Crippen molar-refractivity contribution in [1.29, 1.82) is 0 Å². The molecule has 0 atom stereocenters. The monoisotopic (exact) mass is 313 g/mol. The van der Waals surface area contributed by atoms with E-state index < -0.39 is 0 Å². The molecule has 1 amide bonds. The summed E-state index contributed by atoms with van der Waals surface area (Å²) < 4.78 is 5.63. The lowest BCUT2D eigenvalue weighted by Crippen LogP contribution is -2.30. The highest BCUT2D eigenvalue weighted by Gasteiger charge is 2.23. The Kier molecular flexibility index (Phi) is 4.12. The summed E-state index contributed by atoms with van der Waals surface area (Å²) in [7, 11) is 0. The van der Waals surface area contributed by atoms with Gasteiger partial charge in [0.25, 0.3) is 5.91 Å². The highest BCUT2D eigenvalue weighted by atomic mass is 32.1. The number of ether oxygens (including phenoxy) is 1. The lowest BCUT2D eigenvalue weighted by atomic mass is 10.1. The molecule has 2 aromatic rings. The number of benzene rings is 2. The second kappa shape index (κ2) is 6.05. The highest BCUT2D eigenvalue weighted by Crippen LogP contribution is 2.25. The van der Waals surface area contributed by atoms with Crippen LogP contribution in [0.15, 0.2) is 41.3 Å². The molecule has 0 aliphatic carbocycles. The molecule has 4 heteroatoms. The second-order valence-corrected chi connectivity index (χ2v) is 6.25. The Labute approximate surface area is 136 Å². The van der Waals surface area contributed by atoms with E-state index in [-0.39, 0.29) is 12.5 Å². The second-order valence-electron chi connectivity index (χ2n) is 5.74. The molecule has 0 saturated heterocycles. The molecule has 0 radical (unpaired) electrons. The van der Waals surface area contributed by atoms with E-state index in [9.17, 15) is 4.79 Å². The Hall–Kier alpha value is -1.94. The summed E-state index contributed by atoms with van der Waals surface area (Å²) in [5, 5.41) is 0. The Morgan fingerprint density at radius 3 is 2.64 bits per heavy atom. The van der Waals surface area contributed by atoms with Crippen molar-refractivity contribution in [2.45, 2.75) is 31.8 Å². The number of rotatable bonds is 3. The summed E-state index contributed by atoms with van der Waals surface area (Å²) in [5.41, 5.74) is 4.75. The fraction of sp³-hybridized carbons (Fsp3) is 0.278. The number of fused-ring (bicyclic) bond motifs is 1. The van der Waals surface area contributed by atoms with Gasteiger partial charge in [0.15, 0.2) is 6.61 Å². The zero-order valence-electron chi connectivity index (χ0n) is 12.8. The minimum atomic E-state index is 0.00939. The van der Waals surface area contributed by atoms with Crippen molar-refractivity contribution in [3.05, 3.63) is 58.7 Å². The Morgan fingerprint density at radius 2 is 1.86 bits per heavy atom. The summed E-state index contributed by atoms with van der Waals surface area (Å²) in [6.45, 7) is 5.46. The Morgan fingerprint density at radius 1 is 1.09 bits per heavy atom. The van der Waals surface area contributed by atoms with Crippen LogP contribution in [0.2, 0.25) is 0 Å². The average molecular weight is 313 g/mol. The molecule has 0 N–H and O–H groups in total. The van der Waals surface area contributed by atoms with E-state index in [1.165, 1.54) is 22.3 Å². The third kappa shape index (κ3) is 3.12. The SMILES string of the molecule is Cc1ccc(OCC(=O)N2Cc3ccc(S)cc3C2)cc1C. The topological polar surface area (TPSA) is 29.5 Å². The minimum Gasteiger partial charge on any atom is -0.484 e. The van der Waals surface area contributed by atoms with Gasteiger partial charge in [0.1, 0.15) is 5.75 Å². The summed E-state index contributed by atoms with van der Waals surface area (Å²) in [4.78, 5) is 15.1. The molecule has 0 bridgehead atoms. The highest BCUT2D eigenvalue weighted by molar-refractivity contribution is 7.80. The predicted molar refractivity (Wildman–Crippen MR) is 89.4 cm³/mol. The van der Waals surface area contributed by atoms with Gasteiger partial charge >= 0.3 is 0 Å². The Bertz CT molecular complexity index is 727. The molecule has 1 heterocycles. The van der Waals surface area contributed by atoms with Gasteiger partial charge in [-0.1, -0.05) is 12.1 Å². The maximum atomic E-state index is 12.3. The summed E-state index contributed by atoms with van der Waals surface area (Å²) in [6.07, 6.45) is 0. The minimum absolute atomic E-state index is 0.00939. The van der Waals surface area contributed by atoms with Crippen LogP contribution in [0, 0.1) is 13.8 Å². The molecule has 0 unspecified atom stereocenters. The number of amides is 1. The van der Waals surface area contributed by atoms with E-state index in [1.807, 2.05) is 48.2 Å². The van der Waals surface area contributed by atoms with Crippen molar-refractivity contribution in [2.24, 2.45) is 0 Å². The van der Waals surface area contributed by atoms with Crippen molar-refractivity contribution in [3.63, 3.8) is 0 Å². The van der Waals surface area contributed by atoms with Gasteiger partial charge in [-0.2, -0.15) is 0 Å². The summed E-state index contributed by atoms with van der Waals surface area (Å²) in [6, 6.07) is 11.9. The quantitative estimate of drug-likeness (QED) is 0.879. The molecule has 2 aromatic carbocycles. The van der Waals surface area contributed by atoms with Crippen molar-refractivity contribution >= 4 is 18.5 Å². The van der Waals surface area contributed by atoms with Gasteiger partial charge in [-0.15, -0.1) is 12.6 Å². The van der Waals surface area contributed by atoms with Gasteiger partial charge < -0.3 is 9.64 Å². The summed E-state index contributed by atoms with van der Waals surface area (Å²) >= 11 is 4.34. The van der Waals surface area contributed by atoms with Gasteiger partial charge in [-0.25, -0.2) is 0 Å². The van der Waals surface area contributed by atoms with Crippen LogP contribution in [-0.2, 0) is 17.9 Å². The number of thiol groups is 1. The molecular formula is C18H19NO2S. The number of carbonyl (C=O) groups excluding carboxylic acids is 1. The number of nitrogens with zero attached hydrogens (tertiary/aromatic N) is 1. The van der Waals surface area contributed by atoms with E-state index in [0.29, 0.717) is 13.1 Å². The van der Waals surface area contributed by atoms with Gasteiger partial charge in [-0.05, 0) is 60.4 Å². The summed E-state index contributed by atoms with van der Waals surface area (Å²) in [5.74, 6) is 0.751. The maximum absolute atomic E-state index is 12.3. The molecule has 1 aliphatic heterocycles. The lowest BCUT2D eigenvalue weighted by molar-refractivity contribution is -0.134. The molecule has 3 rings (SSSR count). The molecule has 0 spiro atoms. The van der Waals surface area contributed by atoms with Crippen LogP contribution in [0.4, 0.5) is 0 Å². The fourth-order valence-electron chi connectivity index (χ4n) is 2.60. The average Bonchev–Trinajstić information content (AvgIpc) is 2.91. The number of hydrogen-bond acceptors (Lipinski definition) is 3. The van der Waals surface area contributed by atoms with Gasteiger partial charge in [0.2, 0.25) is 0 Å². The van der Waals surface area contributed by atoms with Gasteiger partial charge in [0.05, 0.1) is 0 Å². The zero-order valence-corrected chi connectivity index (χ0v) is 13.7. The molecule has 3 nitrogen and oxygen atoms in total. The molecule has 114 valence electrons. The van der Waals surface area contributed by atoms with E-state index >= 15 is 0 Å². The Balaban J connectivity index is 1.60. The van der Waals surface area contributed by atoms with Crippen molar-refractivity contribution in [2.75, 3.05) is 6.61 Å². The van der Waals surface area contributed by atoms with Crippen LogP contribution < -0.4 is 4.74 Å². The smallest absolute Gasteiger partial charge is 0.261 e. The van der Waals surface area contributed by atoms with Crippen LogP contribution in [0.3, 0.4) is 0 Å². The standard InChI is InChI=1S/C18H19NO2S/c1-12-3-5-16(7-13(12)2)21-11-18(20)19-9-14-4-6-17(22)8-15(14)10-19/h3-8,22H,9-11H2,1-2H3. The fourth-order valence-corrected chi connectivity index (χ4v) is 2.83. The molecule has 0 aromatic heterocycles. The van der Waals surface area contributed by atoms with Crippen LogP contribution in [-0.4, -0.2) is 17.4 Å². The first kappa shape index (κ1) is 15.0. The molecule has 0 saturated carbocycles. The molecule has 0 fully saturated rings. The molecule has 22 heavy (non-hydrogen) atoms. The van der Waals surface area contributed by atoms with Gasteiger partial charge in [0, 0.05) is 18.0 Å². The first-order valence-corrected chi connectivity index (χ1v) is 7.76. The molecule has 1 aliphatic rings. The number of carbonyl (C=O) groups is 1. The van der Waals surface area contributed by atoms with Crippen molar-refractivity contribution in [1.82, 2.24) is 4.90 Å². The maximum Gasteiger partial charge on any atom is 0.261 e. The van der Waals surface area contributed by atoms with E-state index in [1.54, 1.807) is 0 Å². The third-order valence-electron chi connectivity index (χ3n) is 4.11. The predicted octanol–water partition coefficient (Wildman–Crippen LogP) is 3.51.